The van der Waals surface area contributed by atoms with E-state index in [0.29, 0.717) is 43.0 Å². The Labute approximate surface area is 156 Å². The fourth-order valence-electron chi connectivity index (χ4n) is 3.18. The van der Waals surface area contributed by atoms with Crippen molar-refractivity contribution in [3.63, 3.8) is 0 Å². The molecule has 4 rings (SSSR count). The van der Waals surface area contributed by atoms with Gasteiger partial charge in [0.15, 0.2) is 0 Å². The van der Waals surface area contributed by atoms with Crippen LogP contribution < -0.4 is 5.32 Å². The number of rotatable bonds is 4. The van der Waals surface area contributed by atoms with Gasteiger partial charge in [-0.15, -0.1) is 0 Å². The highest BCUT2D eigenvalue weighted by Crippen LogP contribution is 2.30. The van der Waals surface area contributed by atoms with E-state index in [2.05, 4.69) is 5.32 Å². The van der Waals surface area contributed by atoms with E-state index in [9.17, 15) is 14.4 Å². The van der Waals surface area contributed by atoms with Crippen molar-refractivity contribution >= 4 is 23.4 Å². The molecule has 1 aromatic heterocycles. The molecule has 0 radical (unpaired) electrons. The Hall–Kier alpha value is -3.09. The number of carbonyl (C=O) groups excluding carboxylic acids is 3. The predicted molar refractivity (Wildman–Crippen MR) is 98.3 cm³/mol. The maximum atomic E-state index is 12.8. The summed E-state index contributed by atoms with van der Waals surface area (Å²) in [6, 6.07) is 8.66. The molecular weight excluding hydrogens is 346 g/mol. The number of amides is 3. The van der Waals surface area contributed by atoms with Crippen molar-refractivity contribution in [2.45, 2.75) is 12.8 Å². The molecule has 0 spiro atoms. The second-order valence-electron chi connectivity index (χ2n) is 6.94. The molecule has 1 aliphatic carbocycles. The molecule has 1 saturated carbocycles. The molecule has 1 N–H and O–H groups in total. The molecule has 2 fully saturated rings. The fraction of sp³-hybridized carbons (Fsp3) is 0.350. The summed E-state index contributed by atoms with van der Waals surface area (Å²) >= 11 is 0. The van der Waals surface area contributed by atoms with Gasteiger partial charge >= 0.3 is 0 Å². The number of nitrogens with zero attached hydrogens (tertiary/aromatic N) is 2. The molecular formula is C20H21N3O4. The van der Waals surface area contributed by atoms with E-state index < -0.39 is 0 Å². The van der Waals surface area contributed by atoms with Crippen molar-refractivity contribution in [3.8, 4) is 0 Å². The monoisotopic (exact) mass is 367 g/mol. The predicted octanol–water partition coefficient (Wildman–Crippen LogP) is 2.23. The van der Waals surface area contributed by atoms with E-state index in [-0.39, 0.29) is 23.6 Å². The highest BCUT2D eigenvalue weighted by molar-refractivity contribution is 5.98. The molecule has 7 nitrogen and oxygen atoms in total. The quantitative estimate of drug-likeness (QED) is 0.898. The summed E-state index contributed by atoms with van der Waals surface area (Å²) < 4.78 is 4.96. The summed E-state index contributed by atoms with van der Waals surface area (Å²) in [5, 5.41) is 2.87. The number of carbonyl (C=O) groups is 3. The first-order chi connectivity index (χ1) is 13.1. The minimum absolute atomic E-state index is 0.0194. The van der Waals surface area contributed by atoms with Crippen molar-refractivity contribution in [2.75, 3.05) is 31.5 Å². The highest BCUT2D eigenvalue weighted by Gasteiger charge is 2.30. The minimum Gasteiger partial charge on any atom is -0.472 e. The normalized spacial score (nSPS) is 16.9. The third-order valence-corrected chi connectivity index (χ3v) is 4.95. The van der Waals surface area contributed by atoms with Crippen LogP contribution in [0, 0.1) is 5.92 Å². The molecule has 1 aromatic carbocycles. The minimum atomic E-state index is -0.0899. The van der Waals surface area contributed by atoms with Gasteiger partial charge in [0.2, 0.25) is 5.91 Å². The number of nitrogens with one attached hydrogen (secondary N) is 1. The molecule has 1 aliphatic heterocycles. The number of benzene rings is 1. The van der Waals surface area contributed by atoms with Gasteiger partial charge < -0.3 is 19.5 Å². The Morgan fingerprint density at radius 3 is 2.19 bits per heavy atom. The second-order valence-corrected chi connectivity index (χ2v) is 6.94. The first kappa shape index (κ1) is 17.3. The zero-order valence-electron chi connectivity index (χ0n) is 14.9. The average molecular weight is 367 g/mol. The summed E-state index contributed by atoms with van der Waals surface area (Å²) in [6.07, 6.45) is 4.78. The summed E-state index contributed by atoms with van der Waals surface area (Å²) in [5.74, 6) is -0.0373. The van der Waals surface area contributed by atoms with Crippen LogP contribution in [0.25, 0.3) is 0 Å². The van der Waals surface area contributed by atoms with Crippen LogP contribution in [0.3, 0.4) is 0 Å². The van der Waals surface area contributed by atoms with Crippen LogP contribution in [0.2, 0.25) is 0 Å². The van der Waals surface area contributed by atoms with Crippen molar-refractivity contribution < 1.29 is 18.8 Å². The SMILES string of the molecule is O=C(Nc1cccc(C(=O)N2CCN(C(=O)c3ccoc3)CC2)c1)C1CC1. The van der Waals surface area contributed by atoms with Crippen molar-refractivity contribution in [3.05, 3.63) is 54.0 Å². The summed E-state index contributed by atoms with van der Waals surface area (Å²) in [7, 11) is 0. The van der Waals surface area contributed by atoms with Crippen LogP contribution in [0.1, 0.15) is 33.6 Å². The number of furan rings is 1. The van der Waals surface area contributed by atoms with E-state index in [0.717, 1.165) is 12.8 Å². The summed E-state index contributed by atoms with van der Waals surface area (Å²) in [6.45, 7) is 1.91. The summed E-state index contributed by atoms with van der Waals surface area (Å²) in [4.78, 5) is 40.5. The molecule has 1 saturated heterocycles. The standard InChI is InChI=1S/C20H21N3O4/c24-18(14-4-5-14)21-17-3-1-2-15(12-17)19(25)22-7-9-23(10-8-22)20(26)16-6-11-27-13-16/h1-3,6,11-14H,4-5,7-10H2,(H,21,24). The molecule has 2 heterocycles. The largest absolute Gasteiger partial charge is 0.472 e. The highest BCUT2D eigenvalue weighted by atomic mass is 16.3. The summed E-state index contributed by atoms with van der Waals surface area (Å²) in [5.41, 5.74) is 1.71. The van der Waals surface area contributed by atoms with Gasteiger partial charge in [0.1, 0.15) is 6.26 Å². The number of hydrogen-bond acceptors (Lipinski definition) is 4. The van der Waals surface area contributed by atoms with E-state index in [4.69, 9.17) is 4.42 Å². The van der Waals surface area contributed by atoms with Gasteiger partial charge in [-0.1, -0.05) is 6.07 Å². The fourth-order valence-corrected chi connectivity index (χ4v) is 3.18. The Balaban J connectivity index is 1.36. The van der Waals surface area contributed by atoms with Gasteiger partial charge in [0.05, 0.1) is 11.8 Å². The van der Waals surface area contributed by atoms with Crippen LogP contribution in [0.5, 0.6) is 0 Å². The Kier molecular flexibility index (Phi) is 4.66. The molecule has 2 aromatic rings. The van der Waals surface area contributed by atoms with Gasteiger partial charge in [0, 0.05) is 43.3 Å². The van der Waals surface area contributed by atoms with Gasteiger partial charge in [-0.3, -0.25) is 14.4 Å². The van der Waals surface area contributed by atoms with Crippen LogP contribution in [-0.2, 0) is 4.79 Å². The molecule has 7 heteroatoms. The van der Waals surface area contributed by atoms with Crippen molar-refractivity contribution in [2.24, 2.45) is 5.92 Å². The van der Waals surface area contributed by atoms with Gasteiger partial charge in [0.25, 0.3) is 11.8 Å². The van der Waals surface area contributed by atoms with Crippen LogP contribution >= 0.6 is 0 Å². The maximum Gasteiger partial charge on any atom is 0.257 e. The van der Waals surface area contributed by atoms with Gasteiger partial charge in [-0.25, -0.2) is 0 Å². The van der Waals surface area contributed by atoms with E-state index in [1.807, 2.05) is 0 Å². The van der Waals surface area contributed by atoms with Crippen LogP contribution in [0.4, 0.5) is 5.69 Å². The lowest BCUT2D eigenvalue weighted by molar-refractivity contribution is -0.117. The molecule has 0 unspecified atom stereocenters. The van der Waals surface area contributed by atoms with Crippen molar-refractivity contribution in [1.29, 1.82) is 0 Å². The van der Waals surface area contributed by atoms with Crippen LogP contribution in [0.15, 0.2) is 47.3 Å². The first-order valence-electron chi connectivity index (χ1n) is 9.13. The Bertz CT molecular complexity index is 850. The topological polar surface area (TPSA) is 82.9 Å². The third-order valence-electron chi connectivity index (χ3n) is 4.95. The molecule has 0 bridgehead atoms. The Morgan fingerprint density at radius 2 is 1.59 bits per heavy atom. The van der Waals surface area contributed by atoms with Gasteiger partial charge in [-0.2, -0.15) is 0 Å². The molecule has 140 valence electrons. The van der Waals surface area contributed by atoms with Gasteiger partial charge in [-0.05, 0) is 37.1 Å². The lowest BCUT2D eigenvalue weighted by atomic mass is 10.1. The molecule has 2 aliphatic rings. The number of anilines is 1. The van der Waals surface area contributed by atoms with E-state index in [1.165, 1.54) is 12.5 Å². The van der Waals surface area contributed by atoms with E-state index >= 15 is 0 Å². The lowest BCUT2D eigenvalue weighted by Gasteiger charge is -2.34. The molecule has 0 atom stereocenters. The zero-order chi connectivity index (χ0) is 18.8. The van der Waals surface area contributed by atoms with Crippen LogP contribution in [-0.4, -0.2) is 53.7 Å². The van der Waals surface area contributed by atoms with Crippen molar-refractivity contribution in [1.82, 2.24) is 9.80 Å². The zero-order valence-corrected chi connectivity index (χ0v) is 14.9. The molecule has 27 heavy (non-hydrogen) atoms. The lowest BCUT2D eigenvalue weighted by Crippen LogP contribution is -2.50. The molecule has 3 amide bonds. The van der Waals surface area contributed by atoms with E-state index in [1.54, 1.807) is 40.1 Å². The Morgan fingerprint density at radius 1 is 0.926 bits per heavy atom. The number of piperazine rings is 1. The average Bonchev–Trinajstić information content (AvgIpc) is 3.42. The second kappa shape index (κ2) is 7.26. The first-order valence-corrected chi connectivity index (χ1v) is 9.13. The number of hydrogen-bond donors (Lipinski definition) is 1. The maximum absolute atomic E-state index is 12.8. The smallest absolute Gasteiger partial charge is 0.257 e. The third kappa shape index (κ3) is 3.86.